The topological polar surface area (TPSA) is 70.7 Å². The average molecular weight is 297 g/mol. The Bertz CT molecular complexity index is 367. The summed E-state index contributed by atoms with van der Waals surface area (Å²) in [4.78, 5) is 25.4. The number of carbonyl (C=O) groups excluding carboxylic acids is 2. The van der Waals surface area contributed by atoms with E-state index in [0.29, 0.717) is 25.0 Å². The molecule has 6 heteroatoms. The summed E-state index contributed by atoms with van der Waals surface area (Å²) in [5.74, 6) is 0.474. The second kappa shape index (κ2) is 7.64. The van der Waals surface area contributed by atoms with Gasteiger partial charge in [-0.15, -0.1) is 0 Å². The third-order valence-corrected chi connectivity index (χ3v) is 3.99. The van der Waals surface area contributed by atoms with Crippen LogP contribution in [-0.2, 0) is 9.53 Å². The molecule has 0 radical (unpaired) electrons. The van der Waals surface area contributed by atoms with E-state index in [1.165, 1.54) is 12.8 Å². The lowest BCUT2D eigenvalue weighted by Crippen LogP contribution is -2.52. The highest BCUT2D eigenvalue weighted by molar-refractivity contribution is 5.78. The molecule has 1 aliphatic heterocycles. The third kappa shape index (κ3) is 5.19. The standard InChI is InChI=1S/C15H27N3O3/c1-11(2)8-18-9-13(21-10-14(18)19)7-16-15(20)17-12-5-3-4-6-12/h11-13H,3-10H2,1-2H3,(H2,16,17,20). The first kappa shape index (κ1) is 16.1. The van der Waals surface area contributed by atoms with Crippen LogP contribution in [0.2, 0.25) is 0 Å². The van der Waals surface area contributed by atoms with Crippen LogP contribution >= 0.6 is 0 Å². The van der Waals surface area contributed by atoms with E-state index in [1.807, 2.05) is 4.90 Å². The van der Waals surface area contributed by atoms with Gasteiger partial charge in [-0.05, 0) is 18.8 Å². The molecule has 1 heterocycles. The Labute approximate surface area is 126 Å². The van der Waals surface area contributed by atoms with Gasteiger partial charge < -0.3 is 20.3 Å². The highest BCUT2D eigenvalue weighted by Gasteiger charge is 2.27. The average Bonchev–Trinajstić information content (AvgIpc) is 2.92. The van der Waals surface area contributed by atoms with Crippen molar-refractivity contribution in [2.75, 3.05) is 26.2 Å². The minimum atomic E-state index is -0.127. The maximum atomic E-state index is 11.8. The van der Waals surface area contributed by atoms with Crippen LogP contribution in [0.15, 0.2) is 0 Å². The zero-order valence-electron chi connectivity index (χ0n) is 13.1. The molecule has 1 unspecified atom stereocenters. The summed E-state index contributed by atoms with van der Waals surface area (Å²) >= 11 is 0. The molecular weight excluding hydrogens is 270 g/mol. The molecule has 1 atom stereocenters. The second-order valence-electron chi connectivity index (χ2n) is 6.46. The number of morpholine rings is 1. The van der Waals surface area contributed by atoms with Crippen molar-refractivity contribution in [3.63, 3.8) is 0 Å². The van der Waals surface area contributed by atoms with Crippen LogP contribution in [0.3, 0.4) is 0 Å². The van der Waals surface area contributed by atoms with Gasteiger partial charge >= 0.3 is 6.03 Å². The molecule has 1 saturated carbocycles. The van der Waals surface area contributed by atoms with Gasteiger partial charge in [0.1, 0.15) is 6.61 Å². The first-order chi connectivity index (χ1) is 10.0. The molecule has 2 fully saturated rings. The van der Waals surface area contributed by atoms with Crippen LogP contribution in [0, 0.1) is 5.92 Å². The van der Waals surface area contributed by atoms with Crippen LogP contribution in [-0.4, -0.2) is 55.2 Å². The molecule has 0 bridgehead atoms. The van der Waals surface area contributed by atoms with Crippen molar-refractivity contribution >= 4 is 11.9 Å². The molecule has 0 aromatic rings. The molecule has 0 aromatic heterocycles. The maximum absolute atomic E-state index is 11.8. The molecule has 0 spiro atoms. The normalized spacial score (nSPS) is 23.7. The number of rotatable bonds is 5. The fraction of sp³-hybridized carbons (Fsp3) is 0.867. The summed E-state index contributed by atoms with van der Waals surface area (Å²) in [5, 5.41) is 5.84. The Balaban J connectivity index is 1.69. The van der Waals surface area contributed by atoms with Crippen LogP contribution in [0.25, 0.3) is 0 Å². The number of urea groups is 1. The lowest BCUT2D eigenvalue weighted by Gasteiger charge is -2.33. The van der Waals surface area contributed by atoms with Crippen molar-refractivity contribution in [2.45, 2.75) is 51.7 Å². The van der Waals surface area contributed by atoms with Gasteiger partial charge in [0.15, 0.2) is 0 Å². The summed E-state index contributed by atoms with van der Waals surface area (Å²) < 4.78 is 5.49. The van der Waals surface area contributed by atoms with E-state index in [1.54, 1.807) is 0 Å². The Kier molecular flexibility index (Phi) is 5.85. The largest absolute Gasteiger partial charge is 0.365 e. The zero-order valence-corrected chi connectivity index (χ0v) is 13.1. The number of carbonyl (C=O) groups is 2. The van der Waals surface area contributed by atoms with Gasteiger partial charge in [-0.3, -0.25) is 4.79 Å². The molecule has 1 saturated heterocycles. The molecule has 0 aromatic carbocycles. The number of ether oxygens (including phenoxy) is 1. The molecule has 6 nitrogen and oxygen atoms in total. The third-order valence-electron chi connectivity index (χ3n) is 3.99. The van der Waals surface area contributed by atoms with Gasteiger partial charge in [-0.1, -0.05) is 26.7 Å². The fourth-order valence-corrected chi connectivity index (χ4v) is 2.93. The van der Waals surface area contributed by atoms with Gasteiger partial charge in [0.05, 0.1) is 6.10 Å². The van der Waals surface area contributed by atoms with Crippen molar-refractivity contribution in [1.29, 1.82) is 0 Å². The molecule has 120 valence electrons. The van der Waals surface area contributed by atoms with E-state index in [0.717, 1.165) is 19.4 Å². The predicted molar refractivity (Wildman–Crippen MR) is 79.9 cm³/mol. The molecule has 2 aliphatic rings. The molecule has 2 N–H and O–H groups in total. The van der Waals surface area contributed by atoms with E-state index in [4.69, 9.17) is 4.74 Å². The summed E-state index contributed by atoms with van der Waals surface area (Å²) in [6.07, 6.45) is 4.43. The minimum Gasteiger partial charge on any atom is -0.365 e. The number of hydrogen-bond donors (Lipinski definition) is 2. The monoisotopic (exact) mass is 297 g/mol. The number of nitrogens with one attached hydrogen (secondary N) is 2. The minimum absolute atomic E-state index is 0.0374. The second-order valence-corrected chi connectivity index (χ2v) is 6.46. The summed E-state index contributed by atoms with van der Waals surface area (Å²) in [7, 11) is 0. The first-order valence-corrected chi connectivity index (χ1v) is 7.98. The van der Waals surface area contributed by atoms with E-state index in [9.17, 15) is 9.59 Å². The van der Waals surface area contributed by atoms with Gasteiger partial charge in [0, 0.05) is 25.7 Å². The SMILES string of the molecule is CC(C)CN1CC(CNC(=O)NC2CCCC2)OCC1=O. The first-order valence-electron chi connectivity index (χ1n) is 7.98. The van der Waals surface area contributed by atoms with E-state index in [2.05, 4.69) is 24.5 Å². The highest BCUT2D eigenvalue weighted by atomic mass is 16.5. The van der Waals surface area contributed by atoms with Crippen molar-refractivity contribution < 1.29 is 14.3 Å². The quantitative estimate of drug-likeness (QED) is 0.798. The van der Waals surface area contributed by atoms with Crippen LogP contribution < -0.4 is 10.6 Å². The van der Waals surface area contributed by atoms with Crippen LogP contribution in [0.1, 0.15) is 39.5 Å². The van der Waals surface area contributed by atoms with Crippen molar-refractivity contribution in [2.24, 2.45) is 5.92 Å². The fourth-order valence-electron chi connectivity index (χ4n) is 2.93. The van der Waals surface area contributed by atoms with Crippen molar-refractivity contribution in [3.05, 3.63) is 0 Å². The van der Waals surface area contributed by atoms with Crippen molar-refractivity contribution in [3.8, 4) is 0 Å². The van der Waals surface area contributed by atoms with Crippen LogP contribution in [0.5, 0.6) is 0 Å². The number of nitrogens with zero attached hydrogens (tertiary/aromatic N) is 1. The number of hydrogen-bond acceptors (Lipinski definition) is 3. The Morgan fingerprint density at radius 1 is 1.38 bits per heavy atom. The summed E-state index contributed by atoms with van der Waals surface area (Å²) in [5.41, 5.74) is 0. The molecular formula is C15H27N3O3. The highest BCUT2D eigenvalue weighted by Crippen LogP contribution is 2.17. The van der Waals surface area contributed by atoms with E-state index >= 15 is 0 Å². The van der Waals surface area contributed by atoms with Gasteiger partial charge in [-0.2, -0.15) is 0 Å². The molecule has 21 heavy (non-hydrogen) atoms. The Hall–Kier alpha value is -1.30. The molecule has 1 aliphatic carbocycles. The van der Waals surface area contributed by atoms with Gasteiger partial charge in [0.25, 0.3) is 0 Å². The lowest BCUT2D eigenvalue weighted by molar-refractivity contribution is -0.149. The predicted octanol–water partition coefficient (Wildman–Crippen LogP) is 1.11. The van der Waals surface area contributed by atoms with Gasteiger partial charge in [-0.25, -0.2) is 4.79 Å². The van der Waals surface area contributed by atoms with E-state index < -0.39 is 0 Å². The zero-order chi connectivity index (χ0) is 15.2. The smallest absolute Gasteiger partial charge is 0.315 e. The Morgan fingerprint density at radius 2 is 2.10 bits per heavy atom. The van der Waals surface area contributed by atoms with E-state index in [-0.39, 0.29) is 24.6 Å². The molecule has 3 amide bonds. The maximum Gasteiger partial charge on any atom is 0.315 e. The number of amides is 3. The summed E-state index contributed by atoms with van der Waals surface area (Å²) in [6, 6.07) is 0.189. The lowest BCUT2D eigenvalue weighted by atomic mass is 10.1. The van der Waals surface area contributed by atoms with Crippen LogP contribution in [0.4, 0.5) is 4.79 Å². The van der Waals surface area contributed by atoms with Crippen molar-refractivity contribution in [1.82, 2.24) is 15.5 Å². The van der Waals surface area contributed by atoms with Gasteiger partial charge in [0.2, 0.25) is 5.91 Å². The molecule has 2 rings (SSSR count). The summed E-state index contributed by atoms with van der Waals surface area (Å²) in [6.45, 7) is 6.04. The Morgan fingerprint density at radius 3 is 2.76 bits per heavy atom.